The van der Waals surface area contributed by atoms with Crippen molar-refractivity contribution in [3.05, 3.63) is 29.8 Å². The maximum atomic E-state index is 12.9. The lowest BCUT2D eigenvalue weighted by atomic mass is 10.2. The molecule has 8 heteroatoms. The first-order valence-electron chi connectivity index (χ1n) is 8.45. The van der Waals surface area contributed by atoms with E-state index in [0.29, 0.717) is 19.6 Å². The summed E-state index contributed by atoms with van der Waals surface area (Å²) in [5, 5.41) is 2.56. The Hall–Kier alpha value is -1.93. The monoisotopic (exact) mass is 368 g/mol. The van der Waals surface area contributed by atoms with Crippen LogP contribution in [0.15, 0.2) is 29.2 Å². The van der Waals surface area contributed by atoms with Crippen LogP contribution in [0.2, 0.25) is 0 Å². The number of carbonyl (C=O) groups excluding carboxylic acids is 2. The lowest BCUT2D eigenvalue weighted by Crippen LogP contribution is -2.37. The Kier molecular flexibility index (Phi) is 6.55. The predicted octanol–water partition coefficient (Wildman–Crippen LogP) is 1.54. The Bertz CT molecular complexity index is 726. The highest BCUT2D eigenvalue weighted by molar-refractivity contribution is 7.89. The number of nitrogens with one attached hydrogen (secondary N) is 1. The summed E-state index contributed by atoms with van der Waals surface area (Å²) in [6, 6.07) is 5.95. The average Bonchev–Trinajstić information content (AvgIpc) is 2.62. The number of hydrogen-bond donors (Lipinski definition) is 1. The second kappa shape index (κ2) is 8.44. The lowest BCUT2D eigenvalue weighted by molar-refractivity contribution is -0.128. The summed E-state index contributed by atoms with van der Waals surface area (Å²) in [6.45, 7) is 4.51. The zero-order valence-corrected chi connectivity index (χ0v) is 15.3. The van der Waals surface area contributed by atoms with Crippen molar-refractivity contribution in [2.45, 2.75) is 44.1 Å². The second-order valence-electron chi connectivity index (χ2n) is 5.90. The molecule has 25 heavy (non-hydrogen) atoms. The van der Waals surface area contributed by atoms with Crippen LogP contribution in [-0.2, 0) is 19.6 Å². The van der Waals surface area contributed by atoms with Crippen molar-refractivity contribution in [2.75, 3.05) is 19.6 Å². The van der Waals surface area contributed by atoms with Gasteiger partial charge in [-0.15, -0.1) is 0 Å². The third kappa shape index (κ3) is 4.58. The van der Waals surface area contributed by atoms with Crippen molar-refractivity contribution in [3.63, 3.8) is 0 Å². The first-order valence-corrected chi connectivity index (χ1v) is 9.89. The van der Waals surface area contributed by atoms with Gasteiger partial charge in [0, 0.05) is 19.6 Å². The fourth-order valence-electron chi connectivity index (χ4n) is 2.70. The summed E-state index contributed by atoms with van der Waals surface area (Å²) >= 11 is 0. The van der Waals surface area contributed by atoms with Gasteiger partial charge in [0.25, 0.3) is 5.91 Å². The van der Waals surface area contributed by atoms with Crippen LogP contribution in [0.3, 0.4) is 0 Å². The number of piperidine rings is 1. The van der Waals surface area contributed by atoms with E-state index in [1.807, 2.05) is 0 Å². The Labute approximate surface area is 148 Å². The molecular weight excluding hydrogens is 344 g/mol. The van der Waals surface area contributed by atoms with E-state index < -0.39 is 28.0 Å². The number of likely N-dealkylation sites (N-methyl/N-ethyl adjacent to an activating group) is 1. The maximum Gasteiger partial charge on any atom is 0.340 e. The molecule has 0 saturated carbocycles. The number of rotatable bonds is 6. The standard InChI is InChI=1S/C17H24N2O5S/c1-3-18-16(20)13(2)24-17(21)14-9-5-6-10-15(14)25(22,23)19-11-7-4-8-12-19/h5-6,9-10,13H,3-4,7-8,11-12H2,1-2H3,(H,18,20)/t13-/m1/s1. The zero-order chi connectivity index (χ0) is 18.4. The van der Waals surface area contributed by atoms with Crippen molar-refractivity contribution in [1.29, 1.82) is 0 Å². The smallest absolute Gasteiger partial charge is 0.340 e. The van der Waals surface area contributed by atoms with Crippen LogP contribution >= 0.6 is 0 Å². The minimum absolute atomic E-state index is 0.0516. The SMILES string of the molecule is CCNC(=O)[C@@H](C)OC(=O)c1ccccc1S(=O)(=O)N1CCCCC1. The van der Waals surface area contributed by atoms with Crippen LogP contribution in [0.1, 0.15) is 43.5 Å². The fourth-order valence-corrected chi connectivity index (χ4v) is 4.40. The van der Waals surface area contributed by atoms with Gasteiger partial charge in [-0.3, -0.25) is 4.79 Å². The van der Waals surface area contributed by atoms with Crippen LogP contribution in [0.25, 0.3) is 0 Å². The molecule has 1 aliphatic heterocycles. The molecule has 0 radical (unpaired) electrons. The molecule has 0 unspecified atom stereocenters. The van der Waals surface area contributed by atoms with E-state index in [9.17, 15) is 18.0 Å². The van der Waals surface area contributed by atoms with Crippen LogP contribution < -0.4 is 5.32 Å². The highest BCUT2D eigenvalue weighted by Gasteiger charge is 2.31. The second-order valence-corrected chi connectivity index (χ2v) is 7.81. The number of sulfonamides is 1. The topological polar surface area (TPSA) is 92.8 Å². The van der Waals surface area contributed by atoms with Gasteiger partial charge in [0.05, 0.1) is 10.5 Å². The third-order valence-corrected chi connectivity index (χ3v) is 6.00. The zero-order valence-electron chi connectivity index (χ0n) is 14.5. The molecule has 138 valence electrons. The number of esters is 1. The van der Waals surface area contributed by atoms with Gasteiger partial charge in [0.15, 0.2) is 6.10 Å². The predicted molar refractivity (Wildman–Crippen MR) is 92.6 cm³/mol. The Morgan fingerprint density at radius 1 is 1.20 bits per heavy atom. The highest BCUT2D eigenvalue weighted by atomic mass is 32.2. The summed E-state index contributed by atoms with van der Waals surface area (Å²) in [6.07, 6.45) is 1.61. The Morgan fingerprint density at radius 2 is 1.84 bits per heavy atom. The molecule has 1 atom stereocenters. The van der Waals surface area contributed by atoms with Crippen molar-refractivity contribution < 1.29 is 22.7 Å². The van der Waals surface area contributed by atoms with Gasteiger partial charge in [-0.25, -0.2) is 13.2 Å². The van der Waals surface area contributed by atoms with E-state index in [1.54, 1.807) is 19.1 Å². The molecule has 2 rings (SSSR count). The molecule has 1 aromatic carbocycles. The van der Waals surface area contributed by atoms with Crippen LogP contribution in [0.5, 0.6) is 0 Å². The molecule has 1 N–H and O–H groups in total. The van der Waals surface area contributed by atoms with Gasteiger partial charge in [-0.05, 0) is 38.8 Å². The van der Waals surface area contributed by atoms with Gasteiger partial charge < -0.3 is 10.1 Å². The molecule has 1 aliphatic rings. The van der Waals surface area contributed by atoms with E-state index in [0.717, 1.165) is 19.3 Å². The van der Waals surface area contributed by atoms with E-state index in [-0.39, 0.29) is 10.5 Å². The molecule has 1 aromatic rings. The van der Waals surface area contributed by atoms with Crippen molar-refractivity contribution in [3.8, 4) is 0 Å². The number of ether oxygens (including phenoxy) is 1. The van der Waals surface area contributed by atoms with Crippen LogP contribution in [0, 0.1) is 0 Å². The van der Waals surface area contributed by atoms with Crippen LogP contribution in [-0.4, -0.2) is 50.3 Å². The van der Waals surface area contributed by atoms with Gasteiger partial charge in [-0.1, -0.05) is 18.6 Å². The summed E-state index contributed by atoms with van der Waals surface area (Å²) in [5.41, 5.74) is -0.0516. The molecule has 0 spiro atoms. The van der Waals surface area contributed by atoms with E-state index in [4.69, 9.17) is 4.74 Å². The lowest BCUT2D eigenvalue weighted by Gasteiger charge is -2.26. The van der Waals surface area contributed by atoms with E-state index >= 15 is 0 Å². The first kappa shape index (κ1) is 19.4. The number of amides is 1. The largest absolute Gasteiger partial charge is 0.449 e. The number of benzene rings is 1. The first-order chi connectivity index (χ1) is 11.9. The average molecular weight is 368 g/mol. The molecule has 0 aromatic heterocycles. The molecular formula is C17H24N2O5S. The van der Waals surface area contributed by atoms with Crippen molar-refractivity contribution in [2.24, 2.45) is 0 Å². The molecule has 0 aliphatic carbocycles. The summed E-state index contributed by atoms with van der Waals surface area (Å²) in [5.74, 6) is -1.25. The highest BCUT2D eigenvalue weighted by Crippen LogP contribution is 2.24. The van der Waals surface area contributed by atoms with Gasteiger partial charge in [-0.2, -0.15) is 4.31 Å². The molecule has 1 heterocycles. The number of hydrogen-bond acceptors (Lipinski definition) is 5. The number of carbonyl (C=O) groups is 2. The third-order valence-electron chi connectivity index (χ3n) is 4.04. The Morgan fingerprint density at radius 3 is 2.48 bits per heavy atom. The molecule has 1 fully saturated rings. The summed E-state index contributed by atoms with van der Waals surface area (Å²) in [4.78, 5) is 24.1. The quantitative estimate of drug-likeness (QED) is 0.769. The molecule has 7 nitrogen and oxygen atoms in total. The fraction of sp³-hybridized carbons (Fsp3) is 0.529. The van der Waals surface area contributed by atoms with Crippen molar-refractivity contribution in [1.82, 2.24) is 9.62 Å². The Balaban J connectivity index is 2.25. The number of nitrogens with zero attached hydrogens (tertiary/aromatic N) is 1. The van der Waals surface area contributed by atoms with E-state index in [2.05, 4.69) is 5.32 Å². The summed E-state index contributed by atoms with van der Waals surface area (Å²) < 4.78 is 32.3. The van der Waals surface area contributed by atoms with Gasteiger partial charge >= 0.3 is 5.97 Å². The van der Waals surface area contributed by atoms with Crippen LogP contribution in [0.4, 0.5) is 0 Å². The van der Waals surface area contributed by atoms with Crippen molar-refractivity contribution >= 4 is 21.9 Å². The van der Waals surface area contributed by atoms with Gasteiger partial charge in [0.1, 0.15) is 0 Å². The van der Waals surface area contributed by atoms with E-state index in [1.165, 1.54) is 23.4 Å². The molecule has 1 amide bonds. The summed E-state index contributed by atoms with van der Waals surface area (Å²) in [7, 11) is -3.77. The maximum absolute atomic E-state index is 12.9. The van der Waals surface area contributed by atoms with Gasteiger partial charge in [0.2, 0.25) is 10.0 Å². The minimum Gasteiger partial charge on any atom is -0.449 e. The normalized spacial score (nSPS) is 16.9. The molecule has 0 bridgehead atoms. The minimum atomic E-state index is -3.77. The molecule has 1 saturated heterocycles.